The molecule has 1 unspecified atom stereocenters. The lowest BCUT2D eigenvalue weighted by Crippen LogP contribution is -2.41. The smallest absolute Gasteiger partial charge is 0.263 e. The van der Waals surface area contributed by atoms with E-state index >= 15 is 0 Å². The summed E-state index contributed by atoms with van der Waals surface area (Å²) < 4.78 is 0. The highest BCUT2D eigenvalue weighted by Gasteiger charge is 2.40. The predicted octanol–water partition coefficient (Wildman–Crippen LogP) is 1.27. The first-order valence-electron chi connectivity index (χ1n) is 11.5. The van der Waals surface area contributed by atoms with Crippen molar-refractivity contribution in [2.75, 3.05) is 6.54 Å². The fourth-order valence-electron chi connectivity index (χ4n) is 3.70. The molecule has 3 atom stereocenters. The first kappa shape index (κ1) is 29.1. The summed E-state index contributed by atoms with van der Waals surface area (Å²) in [5, 5.41) is 11.7. The van der Waals surface area contributed by atoms with Gasteiger partial charge in [0.05, 0.1) is 28.3 Å². The van der Waals surface area contributed by atoms with E-state index < -0.39 is 42.1 Å². The molecule has 0 aliphatic carbocycles. The highest BCUT2D eigenvalue weighted by Crippen LogP contribution is 2.26. The second kappa shape index (κ2) is 13.3. The van der Waals surface area contributed by atoms with Crippen molar-refractivity contribution in [1.29, 1.82) is 0 Å². The van der Waals surface area contributed by atoms with Gasteiger partial charge in [-0.25, -0.2) is 4.90 Å². The lowest BCUT2D eigenvalue weighted by atomic mass is 10.1. The monoisotopic (exact) mass is 511 g/mol. The molecule has 196 valence electrons. The molecular formula is C25H29N5O7. The molecule has 4 amide bonds. The minimum atomic E-state index is -1.07. The molecule has 37 heavy (non-hydrogen) atoms. The summed E-state index contributed by atoms with van der Waals surface area (Å²) in [4.78, 5) is 70.9. The molecule has 0 saturated carbocycles. The van der Waals surface area contributed by atoms with Crippen LogP contribution in [0.25, 0.3) is 0 Å². The fourth-order valence-corrected chi connectivity index (χ4v) is 3.70. The van der Waals surface area contributed by atoms with Crippen LogP contribution in [-0.2, 0) is 4.79 Å². The first-order chi connectivity index (χ1) is 17.6. The van der Waals surface area contributed by atoms with Crippen molar-refractivity contribution in [3.63, 3.8) is 0 Å². The number of carbonyl (C=O) groups is 5. The number of nitrogens with two attached hydrogens (primary N) is 2. The highest BCUT2D eigenvalue weighted by molar-refractivity contribution is 6.22. The molecule has 0 aromatic heterocycles. The van der Waals surface area contributed by atoms with Gasteiger partial charge in [0.1, 0.15) is 12.5 Å². The number of fused-ring (bicyclic) bond motifs is 2. The average molecular weight is 512 g/mol. The van der Waals surface area contributed by atoms with Crippen molar-refractivity contribution in [2.45, 2.75) is 45.1 Å². The van der Waals surface area contributed by atoms with Crippen LogP contribution in [0, 0.1) is 4.91 Å². The summed E-state index contributed by atoms with van der Waals surface area (Å²) in [6, 6.07) is 12.0. The minimum absolute atomic E-state index is 0.136. The van der Waals surface area contributed by atoms with Crippen molar-refractivity contribution in [1.82, 2.24) is 9.80 Å². The Morgan fingerprint density at radius 1 is 0.838 bits per heavy atom. The Morgan fingerprint density at radius 2 is 1.19 bits per heavy atom. The largest absolute Gasteiger partial charge is 0.379 e. The van der Waals surface area contributed by atoms with E-state index in [4.69, 9.17) is 16.6 Å². The van der Waals surface area contributed by atoms with E-state index in [-0.39, 0.29) is 12.8 Å². The second-order valence-corrected chi connectivity index (χ2v) is 8.05. The minimum Gasteiger partial charge on any atom is -0.379 e. The number of carbonyl (C=O) groups excluding carboxylic acids is 5. The van der Waals surface area contributed by atoms with Gasteiger partial charge in [0.15, 0.2) is 6.17 Å². The van der Waals surface area contributed by atoms with Crippen molar-refractivity contribution in [2.24, 2.45) is 16.6 Å². The summed E-state index contributed by atoms with van der Waals surface area (Å²) >= 11 is 0. The van der Waals surface area contributed by atoms with E-state index in [1.165, 1.54) is 6.92 Å². The van der Waals surface area contributed by atoms with Gasteiger partial charge in [-0.2, -0.15) is 0 Å². The fraction of sp³-hybridized carbons (Fsp3) is 0.320. The number of amides is 4. The molecule has 4 rings (SSSR count). The van der Waals surface area contributed by atoms with Gasteiger partial charge in [-0.15, -0.1) is 4.91 Å². The Morgan fingerprint density at radius 3 is 1.49 bits per heavy atom. The standard InChI is InChI=1S/C13H14N2O4.C10H8N2O3.C2H7N/c14-11(17)6-5-8(7-16)15-12(18)9-3-1-2-4-10(9)13(15)19;1-6(11-15)12-9(13)7-4-2-3-5-8(7)10(12)14;1-2-3/h1-4,7-8,11,17H,5-6,14H2;2-6H,1H3;2-3H2,1H3/t8-,11?;6-;/m11./s1. The van der Waals surface area contributed by atoms with Gasteiger partial charge in [-0.3, -0.25) is 24.1 Å². The van der Waals surface area contributed by atoms with Gasteiger partial charge >= 0.3 is 0 Å². The number of nitrogens with zero attached hydrogens (tertiary/aromatic N) is 3. The summed E-state index contributed by atoms with van der Waals surface area (Å²) in [5.41, 5.74) is 11.3. The molecule has 2 aromatic rings. The molecule has 2 heterocycles. The molecule has 0 fully saturated rings. The summed E-state index contributed by atoms with van der Waals surface area (Å²) in [5.74, 6) is -1.88. The Labute approximate surface area is 213 Å². The van der Waals surface area contributed by atoms with Gasteiger partial charge in [-0.1, -0.05) is 31.2 Å². The van der Waals surface area contributed by atoms with Crippen LogP contribution in [0.1, 0.15) is 68.1 Å². The van der Waals surface area contributed by atoms with Crippen LogP contribution in [-0.4, -0.2) is 69.8 Å². The third-order valence-electron chi connectivity index (χ3n) is 5.42. The van der Waals surface area contributed by atoms with Crippen molar-refractivity contribution in [3.8, 4) is 0 Å². The Hall–Kier alpha value is -4.13. The molecule has 0 spiro atoms. The van der Waals surface area contributed by atoms with Gasteiger partial charge in [-0.05, 0) is 55.8 Å². The average Bonchev–Trinajstić information content (AvgIpc) is 3.30. The van der Waals surface area contributed by atoms with Crippen LogP contribution in [0.2, 0.25) is 0 Å². The predicted molar refractivity (Wildman–Crippen MR) is 133 cm³/mol. The van der Waals surface area contributed by atoms with E-state index in [0.717, 1.165) is 16.3 Å². The molecule has 0 radical (unpaired) electrons. The maximum atomic E-state index is 12.1. The third-order valence-corrected chi connectivity index (χ3v) is 5.42. The lowest BCUT2D eigenvalue weighted by molar-refractivity contribution is -0.111. The molecule has 0 bridgehead atoms. The van der Waals surface area contributed by atoms with Crippen LogP contribution in [0.15, 0.2) is 53.7 Å². The van der Waals surface area contributed by atoms with E-state index in [1.807, 2.05) is 6.92 Å². The molecule has 12 nitrogen and oxygen atoms in total. The molecule has 2 aromatic carbocycles. The quantitative estimate of drug-likeness (QED) is 0.212. The van der Waals surface area contributed by atoms with Crippen molar-refractivity contribution in [3.05, 3.63) is 75.7 Å². The van der Waals surface area contributed by atoms with Crippen LogP contribution >= 0.6 is 0 Å². The summed E-state index contributed by atoms with van der Waals surface area (Å²) in [6.45, 7) is 4.06. The van der Waals surface area contributed by atoms with E-state index in [9.17, 15) is 28.9 Å². The number of hydrogen-bond acceptors (Lipinski definition) is 10. The molecule has 0 saturated heterocycles. The molecule has 12 heteroatoms. The molecule has 2 aliphatic heterocycles. The molecule has 2 aliphatic rings. The van der Waals surface area contributed by atoms with Crippen molar-refractivity contribution < 1.29 is 29.1 Å². The Bertz CT molecular complexity index is 1110. The summed E-state index contributed by atoms with van der Waals surface area (Å²) in [6.07, 6.45) is -1.22. The Kier molecular flexibility index (Phi) is 10.4. The van der Waals surface area contributed by atoms with Gasteiger partial charge in [0, 0.05) is 0 Å². The molecular weight excluding hydrogens is 482 g/mol. The zero-order chi connectivity index (χ0) is 27.7. The number of imide groups is 2. The number of hydrogen-bond donors (Lipinski definition) is 3. The third kappa shape index (κ3) is 6.36. The van der Waals surface area contributed by atoms with E-state index in [2.05, 4.69) is 5.18 Å². The SMILES string of the molecule is CCN.C[C@H](N=O)N1C(=O)c2ccccc2C1=O.NC(O)CC[C@H](C=O)N1C(=O)c2ccccc2C1=O. The van der Waals surface area contributed by atoms with Gasteiger partial charge in [0.2, 0.25) is 0 Å². The Balaban J connectivity index is 0.000000240. The zero-order valence-corrected chi connectivity index (χ0v) is 20.4. The number of benzene rings is 2. The van der Waals surface area contributed by atoms with Crippen molar-refractivity contribution >= 4 is 29.9 Å². The summed E-state index contributed by atoms with van der Waals surface area (Å²) in [7, 11) is 0. The van der Waals surface area contributed by atoms with E-state index in [1.54, 1.807) is 48.5 Å². The number of aliphatic hydroxyl groups is 1. The highest BCUT2D eigenvalue weighted by atomic mass is 16.3. The topological polar surface area (TPSA) is 194 Å². The zero-order valence-electron chi connectivity index (χ0n) is 20.4. The van der Waals surface area contributed by atoms with Crippen LogP contribution in [0.5, 0.6) is 0 Å². The maximum absolute atomic E-state index is 12.1. The second-order valence-electron chi connectivity index (χ2n) is 8.05. The number of nitroso groups, excluding NO2 is 1. The van der Waals surface area contributed by atoms with Crippen LogP contribution < -0.4 is 11.5 Å². The number of aliphatic hydroxyl groups excluding tert-OH is 1. The van der Waals surface area contributed by atoms with Gasteiger partial charge in [0.25, 0.3) is 23.6 Å². The van der Waals surface area contributed by atoms with Gasteiger partial charge < -0.3 is 21.4 Å². The first-order valence-corrected chi connectivity index (χ1v) is 11.5. The maximum Gasteiger partial charge on any atom is 0.263 e. The van der Waals surface area contributed by atoms with Crippen LogP contribution in [0.3, 0.4) is 0 Å². The molecule has 5 N–H and O–H groups in total. The van der Waals surface area contributed by atoms with E-state index in [0.29, 0.717) is 28.5 Å². The number of rotatable bonds is 7. The lowest BCUT2D eigenvalue weighted by Gasteiger charge is -2.21. The van der Waals surface area contributed by atoms with Crippen LogP contribution in [0.4, 0.5) is 0 Å². The number of aldehydes is 1. The normalized spacial score (nSPS) is 16.0.